The van der Waals surface area contributed by atoms with Crippen LogP contribution in [0.2, 0.25) is 0 Å². The second-order valence-corrected chi connectivity index (χ2v) is 2.49. The van der Waals surface area contributed by atoms with E-state index in [1.54, 1.807) is 0 Å². The van der Waals surface area contributed by atoms with Gasteiger partial charge in [0.15, 0.2) is 0 Å². The summed E-state index contributed by atoms with van der Waals surface area (Å²) < 4.78 is 27.0. The molecular weight excluding hydrogens is 185 g/mol. The van der Waals surface area contributed by atoms with Crippen molar-refractivity contribution in [2.45, 2.75) is 0 Å². The van der Waals surface area contributed by atoms with Crippen molar-refractivity contribution in [1.29, 1.82) is 0 Å². The van der Waals surface area contributed by atoms with Crippen molar-refractivity contribution in [2.24, 2.45) is 4.40 Å². The molecule has 7 heteroatoms. The smallest absolute Gasteiger partial charge is 0.858 e. The van der Waals surface area contributed by atoms with E-state index in [1.165, 1.54) is 0 Å². The first-order chi connectivity index (χ1) is 4.10. The number of hydrogen-bond donors (Lipinski definition) is 0. The van der Waals surface area contributed by atoms with Crippen LogP contribution in [0.25, 0.3) is 0 Å². The molecule has 0 unspecified atom stereocenters. The van der Waals surface area contributed by atoms with Gasteiger partial charge in [-0.15, -0.1) is 4.40 Å². The van der Waals surface area contributed by atoms with Crippen LogP contribution < -0.4 is 56.5 Å². The van der Waals surface area contributed by atoms with Crippen molar-refractivity contribution in [3.05, 3.63) is 12.3 Å². The molecule has 1 rings (SSSR count). The van der Waals surface area contributed by atoms with E-state index in [9.17, 15) is 13.5 Å². The topological polar surface area (TPSA) is 78.8 Å². The monoisotopic (exact) mass is 187 g/mol. The van der Waals surface area contributed by atoms with Gasteiger partial charge in [0.05, 0.1) is 0 Å². The van der Waals surface area contributed by atoms with Crippen LogP contribution in [0.15, 0.2) is 16.7 Å². The Morgan fingerprint density at radius 2 is 2.20 bits per heavy atom. The Bertz CT molecular complexity index is 266. The predicted octanol–water partition coefficient (Wildman–Crippen LogP) is -4.46. The van der Waals surface area contributed by atoms with Crippen LogP contribution in [0.3, 0.4) is 0 Å². The van der Waals surface area contributed by atoms with Crippen LogP contribution in [0.4, 0.5) is 0 Å². The Hall–Kier alpha value is 0.596. The summed E-state index contributed by atoms with van der Waals surface area (Å²) >= 11 is 0. The van der Waals surface area contributed by atoms with E-state index in [0.717, 1.165) is 12.3 Å². The molecule has 0 atom stereocenters. The van der Waals surface area contributed by atoms with Crippen LogP contribution >= 0.6 is 0 Å². The van der Waals surface area contributed by atoms with Gasteiger partial charge in [0.2, 0.25) is 0 Å². The minimum Gasteiger partial charge on any atom is -0.858 e. The quantitative estimate of drug-likeness (QED) is 0.358. The molecule has 0 saturated heterocycles. The molecule has 1 aliphatic heterocycles. The SMILES string of the molecule is O=S1(=O)N=C([O-])C=CO1.[K+]. The summed E-state index contributed by atoms with van der Waals surface area (Å²) in [5.74, 6) is -0.818. The zero-order valence-electron chi connectivity index (χ0n) is 5.14. The van der Waals surface area contributed by atoms with Crippen molar-refractivity contribution in [2.75, 3.05) is 0 Å². The molecule has 0 N–H and O–H groups in total. The first-order valence-corrected chi connectivity index (χ1v) is 3.33. The van der Waals surface area contributed by atoms with Crippen molar-refractivity contribution in [3.63, 3.8) is 0 Å². The molecule has 0 radical (unpaired) electrons. The number of hydrogen-bond acceptors (Lipinski definition) is 4. The molecule has 0 aliphatic carbocycles. The molecule has 0 saturated carbocycles. The minimum atomic E-state index is -3.94. The van der Waals surface area contributed by atoms with Crippen molar-refractivity contribution in [1.82, 2.24) is 0 Å². The molecule has 1 aliphatic rings. The van der Waals surface area contributed by atoms with E-state index in [0.29, 0.717) is 0 Å². The summed E-state index contributed by atoms with van der Waals surface area (Å²) in [6, 6.07) is 0. The Labute approximate surface area is 100 Å². The third-order valence-corrected chi connectivity index (χ3v) is 1.35. The fourth-order valence-corrected chi connectivity index (χ4v) is 0.839. The van der Waals surface area contributed by atoms with E-state index in [1.807, 2.05) is 0 Å². The standard InChI is InChI=1S/C3H3NO4S.K/c5-3-1-2-8-9(6,7)4-3;/h1-2H,(H,4,5);/q;+1/p-1. The molecule has 0 bridgehead atoms. The van der Waals surface area contributed by atoms with Gasteiger partial charge in [-0.3, -0.25) is 0 Å². The minimum absolute atomic E-state index is 0. The fourth-order valence-electron chi connectivity index (χ4n) is 0.318. The molecule has 0 fully saturated rings. The van der Waals surface area contributed by atoms with Crippen molar-refractivity contribution < 1.29 is 69.1 Å². The van der Waals surface area contributed by atoms with Gasteiger partial charge < -0.3 is 9.29 Å². The maximum Gasteiger partial charge on any atom is 1.00 e. The largest absolute Gasteiger partial charge is 1.00 e. The summed E-state index contributed by atoms with van der Waals surface area (Å²) in [6.07, 6.45) is 1.70. The normalized spacial score (nSPS) is 20.2. The van der Waals surface area contributed by atoms with Gasteiger partial charge in [-0.05, 0) is 6.08 Å². The number of rotatable bonds is 0. The van der Waals surface area contributed by atoms with Crippen LogP contribution in [-0.2, 0) is 14.5 Å². The average Bonchev–Trinajstić information content (AvgIpc) is 1.60. The zero-order valence-corrected chi connectivity index (χ0v) is 9.08. The van der Waals surface area contributed by atoms with Crippen LogP contribution in [0, 0.1) is 0 Å². The van der Waals surface area contributed by atoms with Gasteiger partial charge in [0.1, 0.15) is 6.26 Å². The van der Waals surface area contributed by atoms with Gasteiger partial charge in [0.25, 0.3) is 0 Å². The molecule has 5 nitrogen and oxygen atoms in total. The van der Waals surface area contributed by atoms with E-state index in [4.69, 9.17) is 0 Å². The number of nitrogens with zero attached hydrogens (tertiary/aromatic N) is 1. The second kappa shape index (κ2) is 3.84. The molecule has 1 heterocycles. The first-order valence-electron chi connectivity index (χ1n) is 1.97. The van der Waals surface area contributed by atoms with E-state index in [2.05, 4.69) is 8.58 Å². The van der Waals surface area contributed by atoms with Crippen LogP contribution in [0.5, 0.6) is 0 Å². The molecule has 0 spiro atoms. The van der Waals surface area contributed by atoms with Gasteiger partial charge in [-0.1, -0.05) is 0 Å². The van der Waals surface area contributed by atoms with E-state index >= 15 is 0 Å². The molecule has 50 valence electrons. The molecule has 0 amide bonds. The Balaban J connectivity index is 0.000000810. The molecule has 0 aromatic rings. The summed E-state index contributed by atoms with van der Waals surface area (Å²) in [6.45, 7) is 0. The summed E-state index contributed by atoms with van der Waals surface area (Å²) in [5.41, 5.74) is 0. The Morgan fingerprint density at radius 3 is 2.50 bits per heavy atom. The maximum atomic E-state index is 10.2. The fraction of sp³-hybridized carbons (Fsp3) is 0. The maximum absolute atomic E-state index is 10.2. The van der Waals surface area contributed by atoms with Gasteiger partial charge >= 0.3 is 61.7 Å². The molecule has 10 heavy (non-hydrogen) atoms. The summed E-state index contributed by atoms with van der Waals surface area (Å²) in [7, 11) is -3.94. The summed E-state index contributed by atoms with van der Waals surface area (Å²) in [4.78, 5) is 0. The molecular formula is C3H2KNO4S. The average molecular weight is 187 g/mol. The third-order valence-electron chi connectivity index (χ3n) is 0.590. The van der Waals surface area contributed by atoms with Gasteiger partial charge in [0, 0.05) is 5.90 Å². The van der Waals surface area contributed by atoms with Crippen molar-refractivity contribution in [3.8, 4) is 0 Å². The van der Waals surface area contributed by atoms with Crippen LogP contribution in [0.1, 0.15) is 0 Å². The van der Waals surface area contributed by atoms with Crippen LogP contribution in [-0.4, -0.2) is 14.3 Å². The zero-order chi connectivity index (χ0) is 6.91. The Morgan fingerprint density at radius 1 is 1.60 bits per heavy atom. The summed E-state index contributed by atoms with van der Waals surface area (Å²) in [5, 5.41) is 10.2. The van der Waals surface area contributed by atoms with E-state index < -0.39 is 16.2 Å². The van der Waals surface area contributed by atoms with Gasteiger partial charge in [-0.25, -0.2) is 0 Å². The third kappa shape index (κ3) is 3.13. The van der Waals surface area contributed by atoms with Crippen molar-refractivity contribution >= 4 is 16.2 Å². The van der Waals surface area contributed by atoms with E-state index in [-0.39, 0.29) is 51.4 Å². The Kier molecular flexibility index (Phi) is 4.06. The predicted molar refractivity (Wildman–Crippen MR) is 26.6 cm³/mol. The van der Waals surface area contributed by atoms with Gasteiger partial charge in [-0.2, -0.15) is 8.42 Å². The first kappa shape index (κ1) is 10.6. The molecule has 0 aromatic heterocycles. The molecule has 0 aromatic carbocycles. The second-order valence-electron chi connectivity index (χ2n) is 1.26.